The van der Waals surface area contributed by atoms with Crippen LogP contribution in [0.5, 0.6) is 0 Å². The van der Waals surface area contributed by atoms with Crippen molar-refractivity contribution in [1.29, 1.82) is 0 Å². The Morgan fingerprint density at radius 2 is 2.38 bits per heavy atom. The van der Waals surface area contributed by atoms with Gasteiger partial charge < -0.3 is 0 Å². The molecule has 0 saturated heterocycles. The number of nitrogens with one attached hydrogen (secondary N) is 1. The maximum atomic E-state index is 11.1. The lowest BCUT2D eigenvalue weighted by atomic mass is 10.4. The first-order valence-corrected chi connectivity index (χ1v) is 3.67. The number of nitrogens with two attached hydrogens (primary N) is 1. The lowest BCUT2D eigenvalue weighted by Crippen LogP contribution is -2.37. The van der Waals surface area contributed by atoms with E-state index >= 15 is 0 Å². The molecule has 6 heteroatoms. The van der Waals surface area contributed by atoms with Crippen molar-refractivity contribution in [3.05, 3.63) is 28.2 Å². The summed E-state index contributed by atoms with van der Waals surface area (Å²) in [6, 6.07) is 2.94. The number of nitrogens with zero attached hydrogens (tertiary/aromatic N) is 2. The van der Waals surface area contributed by atoms with E-state index in [9.17, 15) is 9.59 Å². The van der Waals surface area contributed by atoms with Gasteiger partial charge in [0, 0.05) is 6.07 Å². The average Bonchev–Trinajstić information content (AvgIpc) is 2.11. The molecule has 0 bridgehead atoms. The number of hydrogen-bond acceptors (Lipinski definition) is 4. The SMILES string of the molecule is Cc1ccc(=O)n(CC(=O)NN)n1. The molecule has 1 aromatic heterocycles. The summed E-state index contributed by atoms with van der Waals surface area (Å²) in [6.07, 6.45) is 0. The molecule has 0 aliphatic heterocycles. The predicted octanol–water partition coefficient (Wildman–Crippen LogP) is -1.46. The monoisotopic (exact) mass is 182 g/mol. The summed E-state index contributed by atoms with van der Waals surface area (Å²) in [5.41, 5.74) is 2.27. The minimum absolute atomic E-state index is 0.156. The fraction of sp³-hybridized carbons (Fsp3) is 0.286. The molecule has 3 N–H and O–H groups in total. The molecule has 0 radical (unpaired) electrons. The van der Waals surface area contributed by atoms with Crippen LogP contribution >= 0.6 is 0 Å². The largest absolute Gasteiger partial charge is 0.293 e. The molecule has 0 aliphatic carbocycles. The minimum Gasteiger partial charge on any atom is -0.293 e. The van der Waals surface area contributed by atoms with E-state index in [2.05, 4.69) is 5.10 Å². The Balaban J connectivity index is 2.94. The van der Waals surface area contributed by atoms with Crippen molar-refractivity contribution in [2.75, 3.05) is 0 Å². The van der Waals surface area contributed by atoms with Crippen molar-refractivity contribution in [2.45, 2.75) is 13.5 Å². The molecule has 0 spiro atoms. The summed E-state index contributed by atoms with van der Waals surface area (Å²) in [5, 5.41) is 3.85. The van der Waals surface area contributed by atoms with Crippen LogP contribution in [0.15, 0.2) is 16.9 Å². The number of hydrazine groups is 1. The molecule has 6 nitrogen and oxygen atoms in total. The van der Waals surface area contributed by atoms with Gasteiger partial charge in [-0.1, -0.05) is 0 Å². The average molecular weight is 182 g/mol. The van der Waals surface area contributed by atoms with Gasteiger partial charge in [0.2, 0.25) is 0 Å². The second kappa shape index (κ2) is 3.81. The summed E-state index contributed by atoms with van der Waals surface area (Å²) in [4.78, 5) is 21.9. The zero-order chi connectivity index (χ0) is 9.84. The van der Waals surface area contributed by atoms with Crippen molar-refractivity contribution in [3.8, 4) is 0 Å². The first kappa shape index (κ1) is 9.40. The molecule has 1 amide bonds. The van der Waals surface area contributed by atoms with Crippen LogP contribution in [0, 0.1) is 6.92 Å². The van der Waals surface area contributed by atoms with Gasteiger partial charge in [0.1, 0.15) is 6.54 Å². The van der Waals surface area contributed by atoms with Gasteiger partial charge in [-0.25, -0.2) is 10.5 Å². The lowest BCUT2D eigenvalue weighted by molar-refractivity contribution is -0.122. The Kier molecular flexibility index (Phi) is 2.76. The van der Waals surface area contributed by atoms with Crippen LogP contribution in [0.3, 0.4) is 0 Å². The number of hydrogen-bond donors (Lipinski definition) is 2. The van der Waals surface area contributed by atoms with Crippen LogP contribution in [0.1, 0.15) is 5.69 Å². The Labute approximate surface area is 74.3 Å². The van der Waals surface area contributed by atoms with E-state index in [4.69, 9.17) is 5.84 Å². The summed E-state index contributed by atoms with van der Waals surface area (Å²) >= 11 is 0. The van der Waals surface area contributed by atoms with E-state index < -0.39 is 5.91 Å². The van der Waals surface area contributed by atoms with Gasteiger partial charge in [0.15, 0.2) is 0 Å². The second-order valence-corrected chi connectivity index (χ2v) is 2.54. The van der Waals surface area contributed by atoms with Gasteiger partial charge in [0.05, 0.1) is 5.69 Å². The summed E-state index contributed by atoms with van der Waals surface area (Å²) in [7, 11) is 0. The Morgan fingerprint density at radius 3 is 3.00 bits per heavy atom. The maximum absolute atomic E-state index is 11.1. The fourth-order valence-corrected chi connectivity index (χ4v) is 0.846. The van der Waals surface area contributed by atoms with Crippen LogP contribution in [0.2, 0.25) is 0 Å². The Hall–Kier alpha value is -1.69. The quantitative estimate of drug-likeness (QED) is 0.332. The molecule has 0 unspecified atom stereocenters. The zero-order valence-corrected chi connectivity index (χ0v) is 7.15. The van der Waals surface area contributed by atoms with Gasteiger partial charge in [-0.2, -0.15) is 5.10 Å². The highest BCUT2D eigenvalue weighted by molar-refractivity contribution is 5.74. The molecular formula is C7H10N4O2. The third kappa shape index (κ3) is 2.38. The smallest absolute Gasteiger partial charge is 0.267 e. The molecule has 1 heterocycles. The first-order chi connectivity index (χ1) is 6.13. The summed E-state index contributed by atoms with van der Waals surface area (Å²) in [5.74, 6) is 4.41. The molecule has 0 fully saturated rings. The lowest BCUT2D eigenvalue weighted by Gasteiger charge is -2.02. The maximum Gasteiger partial charge on any atom is 0.267 e. The van der Waals surface area contributed by atoms with Crippen molar-refractivity contribution in [3.63, 3.8) is 0 Å². The van der Waals surface area contributed by atoms with Crippen LogP contribution < -0.4 is 16.8 Å². The standard InChI is InChI=1S/C7H10N4O2/c1-5-2-3-7(13)11(10-5)4-6(12)9-8/h2-3H,4,8H2,1H3,(H,9,12). The van der Waals surface area contributed by atoms with E-state index in [-0.39, 0.29) is 12.1 Å². The fourth-order valence-electron chi connectivity index (χ4n) is 0.846. The van der Waals surface area contributed by atoms with Crippen LogP contribution in [-0.4, -0.2) is 15.7 Å². The van der Waals surface area contributed by atoms with E-state index in [1.807, 2.05) is 5.43 Å². The molecule has 0 aliphatic rings. The number of amides is 1. The second-order valence-electron chi connectivity index (χ2n) is 2.54. The highest BCUT2D eigenvalue weighted by atomic mass is 16.2. The third-order valence-corrected chi connectivity index (χ3v) is 1.45. The molecule has 0 saturated carbocycles. The number of rotatable bonds is 2. The Bertz CT molecular complexity index is 371. The molecular weight excluding hydrogens is 172 g/mol. The minimum atomic E-state index is -0.458. The molecule has 1 rings (SSSR count). The van der Waals surface area contributed by atoms with Crippen molar-refractivity contribution < 1.29 is 4.79 Å². The van der Waals surface area contributed by atoms with Crippen LogP contribution in [-0.2, 0) is 11.3 Å². The molecule has 1 aromatic rings. The van der Waals surface area contributed by atoms with Gasteiger partial charge in [-0.05, 0) is 13.0 Å². The van der Waals surface area contributed by atoms with Crippen molar-refractivity contribution in [2.24, 2.45) is 5.84 Å². The van der Waals surface area contributed by atoms with E-state index in [1.54, 1.807) is 13.0 Å². The summed E-state index contributed by atoms with van der Waals surface area (Å²) in [6.45, 7) is 1.58. The summed E-state index contributed by atoms with van der Waals surface area (Å²) < 4.78 is 1.05. The molecule has 13 heavy (non-hydrogen) atoms. The topological polar surface area (TPSA) is 90.0 Å². The van der Waals surface area contributed by atoms with Crippen molar-refractivity contribution >= 4 is 5.91 Å². The van der Waals surface area contributed by atoms with Gasteiger partial charge in [-0.3, -0.25) is 15.0 Å². The van der Waals surface area contributed by atoms with Crippen LogP contribution in [0.25, 0.3) is 0 Å². The van der Waals surface area contributed by atoms with E-state index in [0.717, 1.165) is 4.68 Å². The number of aromatic nitrogens is 2. The molecule has 70 valence electrons. The molecule has 0 atom stereocenters. The number of carbonyl (C=O) groups is 1. The van der Waals surface area contributed by atoms with Gasteiger partial charge >= 0.3 is 0 Å². The van der Waals surface area contributed by atoms with Gasteiger partial charge in [0.25, 0.3) is 11.5 Å². The normalized spacial score (nSPS) is 9.69. The molecule has 0 aromatic carbocycles. The van der Waals surface area contributed by atoms with Crippen LogP contribution in [0.4, 0.5) is 0 Å². The Morgan fingerprint density at radius 1 is 1.69 bits per heavy atom. The predicted molar refractivity (Wildman–Crippen MR) is 45.6 cm³/mol. The highest BCUT2D eigenvalue weighted by Crippen LogP contribution is 1.85. The van der Waals surface area contributed by atoms with Crippen molar-refractivity contribution in [1.82, 2.24) is 15.2 Å². The first-order valence-electron chi connectivity index (χ1n) is 3.67. The van der Waals surface area contributed by atoms with Gasteiger partial charge in [-0.15, -0.1) is 0 Å². The van der Waals surface area contributed by atoms with E-state index in [0.29, 0.717) is 5.69 Å². The number of carbonyl (C=O) groups excluding carboxylic acids is 1. The number of aryl methyl sites for hydroxylation is 1. The van der Waals surface area contributed by atoms with E-state index in [1.165, 1.54) is 6.07 Å². The highest BCUT2D eigenvalue weighted by Gasteiger charge is 2.02. The zero-order valence-electron chi connectivity index (χ0n) is 7.15. The third-order valence-electron chi connectivity index (χ3n) is 1.45.